The summed E-state index contributed by atoms with van der Waals surface area (Å²) in [6.45, 7) is 2.57. The highest BCUT2D eigenvalue weighted by atomic mass is 16.5. The lowest BCUT2D eigenvalue weighted by atomic mass is 10.1. The molecule has 0 aliphatic carbocycles. The summed E-state index contributed by atoms with van der Waals surface area (Å²) < 4.78 is 15.7. The minimum atomic E-state index is 0.605. The van der Waals surface area contributed by atoms with E-state index < -0.39 is 0 Å². The van der Waals surface area contributed by atoms with Crippen LogP contribution in [0.4, 0.5) is 0 Å². The molecular formula is C18H22N2O3. The Morgan fingerprint density at radius 2 is 1.61 bits per heavy atom. The van der Waals surface area contributed by atoms with Gasteiger partial charge in [0.25, 0.3) is 0 Å². The number of nitrogens with one attached hydrogen (secondary N) is 1. The molecule has 2 rings (SSSR count). The predicted molar refractivity (Wildman–Crippen MR) is 91.6 cm³/mol. The van der Waals surface area contributed by atoms with Gasteiger partial charge in [-0.1, -0.05) is 6.07 Å². The Morgan fingerprint density at radius 1 is 0.913 bits per heavy atom. The van der Waals surface area contributed by atoms with Crippen LogP contribution in [0.3, 0.4) is 0 Å². The van der Waals surface area contributed by atoms with E-state index in [9.17, 15) is 0 Å². The molecule has 0 amide bonds. The summed E-state index contributed by atoms with van der Waals surface area (Å²) in [5, 5.41) is 4.40. The van der Waals surface area contributed by atoms with Crippen molar-refractivity contribution in [3.05, 3.63) is 53.6 Å². The van der Waals surface area contributed by atoms with E-state index >= 15 is 0 Å². The zero-order chi connectivity index (χ0) is 16.7. The fourth-order valence-corrected chi connectivity index (χ4v) is 2.14. The molecule has 5 heteroatoms. The normalized spacial score (nSPS) is 11.0. The van der Waals surface area contributed by atoms with Crippen molar-refractivity contribution in [1.82, 2.24) is 5.43 Å². The van der Waals surface area contributed by atoms with Crippen molar-refractivity contribution in [1.29, 1.82) is 0 Å². The molecule has 2 aromatic rings. The zero-order valence-electron chi connectivity index (χ0n) is 13.9. The molecule has 0 heterocycles. The second kappa shape index (κ2) is 8.08. The van der Waals surface area contributed by atoms with Crippen molar-refractivity contribution < 1.29 is 14.2 Å². The lowest BCUT2D eigenvalue weighted by molar-refractivity contribution is 0.354. The quantitative estimate of drug-likeness (QED) is 0.630. The summed E-state index contributed by atoms with van der Waals surface area (Å²) in [4.78, 5) is 0. The number of ether oxygens (including phenoxy) is 3. The monoisotopic (exact) mass is 314 g/mol. The van der Waals surface area contributed by atoms with Crippen LogP contribution in [-0.4, -0.2) is 27.0 Å². The summed E-state index contributed by atoms with van der Waals surface area (Å²) >= 11 is 0. The number of hydrazone groups is 1. The van der Waals surface area contributed by atoms with E-state index in [1.165, 1.54) is 0 Å². The summed E-state index contributed by atoms with van der Waals surface area (Å²) in [5.74, 6) is 2.26. The van der Waals surface area contributed by atoms with Crippen molar-refractivity contribution in [3.63, 3.8) is 0 Å². The average Bonchev–Trinajstić information content (AvgIpc) is 2.61. The Balaban J connectivity index is 1.99. The predicted octanol–water partition coefficient (Wildman–Crippen LogP) is 3.23. The molecule has 2 aromatic carbocycles. The maximum Gasteiger partial charge on any atom is 0.161 e. The Labute approximate surface area is 136 Å². The summed E-state index contributed by atoms with van der Waals surface area (Å²) in [5.41, 5.74) is 6.10. The molecule has 0 atom stereocenters. The first kappa shape index (κ1) is 16.7. The number of hydrogen-bond donors (Lipinski definition) is 1. The number of rotatable bonds is 7. The van der Waals surface area contributed by atoms with Crippen LogP contribution in [0.2, 0.25) is 0 Å². The van der Waals surface area contributed by atoms with E-state index in [4.69, 9.17) is 14.2 Å². The van der Waals surface area contributed by atoms with Crippen LogP contribution in [0.25, 0.3) is 0 Å². The van der Waals surface area contributed by atoms with Gasteiger partial charge in [0, 0.05) is 0 Å². The fraction of sp³-hybridized carbons (Fsp3) is 0.278. The van der Waals surface area contributed by atoms with Gasteiger partial charge in [0.05, 0.1) is 33.6 Å². The Hall–Kier alpha value is -2.69. The van der Waals surface area contributed by atoms with Crippen molar-refractivity contribution in [3.8, 4) is 17.2 Å². The zero-order valence-corrected chi connectivity index (χ0v) is 13.9. The molecule has 5 nitrogen and oxygen atoms in total. The van der Waals surface area contributed by atoms with Gasteiger partial charge in [-0.2, -0.15) is 5.10 Å². The van der Waals surface area contributed by atoms with Gasteiger partial charge in [0.15, 0.2) is 11.5 Å². The van der Waals surface area contributed by atoms with Crippen LogP contribution in [0.15, 0.2) is 47.6 Å². The van der Waals surface area contributed by atoms with Crippen LogP contribution >= 0.6 is 0 Å². The van der Waals surface area contributed by atoms with Gasteiger partial charge in [-0.25, -0.2) is 0 Å². The van der Waals surface area contributed by atoms with Crippen molar-refractivity contribution in [2.24, 2.45) is 5.10 Å². The van der Waals surface area contributed by atoms with Gasteiger partial charge < -0.3 is 19.6 Å². The Kier molecular flexibility index (Phi) is 5.86. The molecule has 0 aromatic heterocycles. The van der Waals surface area contributed by atoms with E-state index in [-0.39, 0.29) is 0 Å². The smallest absolute Gasteiger partial charge is 0.161 e. The van der Waals surface area contributed by atoms with Crippen molar-refractivity contribution in [2.75, 3.05) is 21.3 Å². The summed E-state index contributed by atoms with van der Waals surface area (Å²) in [6, 6.07) is 13.6. The number of methoxy groups -OCH3 is 3. The van der Waals surface area contributed by atoms with Gasteiger partial charge in [-0.3, -0.25) is 0 Å². The molecular weight excluding hydrogens is 292 g/mol. The third-order valence-corrected chi connectivity index (χ3v) is 3.49. The second-order valence-corrected chi connectivity index (χ2v) is 4.95. The highest BCUT2D eigenvalue weighted by Gasteiger charge is 2.04. The number of benzene rings is 2. The molecule has 0 aliphatic heterocycles. The number of nitrogens with zero attached hydrogens (tertiary/aromatic N) is 1. The molecule has 0 saturated heterocycles. The van der Waals surface area contributed by atoms with Gasteiger partial charge in [-0.05, 0) is 54.4 Å². The van der Waals surface area contributed by atoms with Gasteiger partial charge in [-0.15, -0.1) is 0 Å². The molecule has 0 unspecified atom stereocenters. The summed E-state index contributed by atoms with van der Waals surface area (Å²) in [6.07, 6.45) is 0. The van der Waals surface area contributed by atoms with Crippen LogP contribution < -0.4 is 19.6 Å². The minimum absolute atomic E-state index is 0.605. The molecule has 23 heavy (non-hydrogen) atoms. The number of hydrogen-bond acceptors (Lipinski definition) is 5. The van der Waals surface area contributed by atoms with Crippen LogP contribution in [-0.2, 0) is 6.54 Å². The molecule has 0 radical (unpaired) electrons. The van der Waals surface area contributed by atoms with E-state index in [1.807, 2.05) is 49.4 Å². The van der Waals surface area contributed by atoms with E-state index in [1.54, 1.807) is 21.3 Å². The molecule has 0 fully saturated rings. The molecule has 0 saturated carbocycles. The van der Waals surface area contributed by atoms with E-state index in [0.29, 0.717) is 18.0 Å². The van der Waals surface area contributed by atoms with Gasteiger partial charge >= 0.3 is 0 Å². The maximum absolute atomic E-state index is 5.29. The Bertz CT molecular complexity index is 666. The summed E-state index contributed by atoms with van der Waals surface area (Å²) in [7, 11) is 4.90. The minimum Gasteiger partial charge on any atom is -0.497 e. The van der Waals surface area contributed by atoms with Crippen LogP contribution in [0, 0.1) is 0 Å². The SMILES string of the molecule is COc1ccc(/C(C)=N\NCc2ccc(OC)c(OC)c2)cc1. The van der Waals surface area contributed by atoms with Crippen LogP contribution in [0.1, 0.15) is 18.1 Å². The van der Waals surface area contributed by atoms with Crippen molar-refractivity contribution in [2.45, 2.75) is 13.5 Å². The Morgan fingerprint density at radius 3 is 2.22 bits per heavy atom. The highest BCUT2D eigenvalue weighted by Crippen LogP contribution is 2.27. The molecule has 0 aliphatic rings. The first-order valence-corrected chi connectivity index (χ1v) is 7.30. The lowest BCUT2D eigenvalue weighted by Crippen LogP contribution is -2.09. The average molecular weight is 314 g/mol. The standard InChI is InChI=1S/C18H22N2O3/c1-13(15-6-8-16(21-2)9-7-15)20-19-12-14-5-10-17(22-3)18(11-14)23-4/h5-11,19H,12H2,1-4H3/b20-13-. The second-order valence-electron chi connectivity index (χ2n) is 4.95. The largest absolute Gasteiger partial charge is 0.497 e. The third-order valence-electron chi connectivity index (χ3n) is 3.49. The van der Waals surface area contributed by atoms with Crippen LogP contribution in [0.5, 0.6) is 17.2 Å². The first-order valence-electron chi connectivity index (χ1n) is 7.30. The van der Waals surface area contributed by atoms with E-state index in [0.717, 1.165) is 22.6 Å². The molecule has 122 valence electrons. The lowest BCUT2D eigenvalue weighted by Gasteiger charge is -2.10. The first-order chi connectivity index (χ1) is 11.2. The van der Waals surface area contributed by atoms with Crippen molar-refractivity contribution >= 4 is 5.71 Å². The van der Waals surface area contributed by atoms with Gasteiger partial charge in [0.2, 0.25) is 0 Å². The fourth-order valence-electron chi connectivity index (χ4n) is 2.14. The maximum atomic E-state index is 5.29. The molecule has 0 bridgehead atoms. The third kappa shape index (κ3) is 4.39. The topological polar surface area (TPSA) is 52.1 Å². The highest BCUT2D eigenvalue weighted by molar-refractivity contribution is 5.98. The molecule has 0 spiro atoms. The molecule has 1 N–H and O–H groups in total. The van der Waals surface area contributed by atoms with E-state index in [2.05, 4.69) is 10.5 Å². The van der Waals surface area contributed by atoms with Gasteiger partial charge in [0.1, 0.15) is 5.75 Å².